The number of hydrogen-bond donors (Lipinski definition) is 1. The molecule has 0 aliphatic carbocycles. The maximum Gasteiger partial charge on any atom is 0.125 e. The van der Waals surface area contributed by atoms with E-state index < -0.39 is 0 Å². The second kappa shape index (κ2) is 7.77. The fraction of sp³-hybridized carbons (Fsp3) is 0.375. The molecule has 2 aromatic rings. The van der Waals surface area contributed by atoms with Crippen molar-refractivity contribution in [3.63, 3.8) is 0 Å². The Kier molecular flexibility index (Phi) is 6.29. The van der Waals surface area contributed by atoms with Crippen molar-refractivity contribution in [3.8, 4) is 5.75 Å². The number of rotatable bonds is 6. The SMILES string of the molecule is CCCNC(c1ccc(Br)cc1OC)c1cc(Br)sc1C. The van der Waals surface area contributed by atoms with Crippen LogP contribution < -0.4 is 10.1 Å². The number of benzene rings is 1. The van der Waals surface area contributed by atoms with Gasteiger partial charge in [-0.25, -0.2) is 0 Å². The molecule has 1 aromatic heterocycles. The highest BCUT2D eigenvalue weighted by Crippen LogP contribution is 2.37. The molecular formula is C16H19Br2NOS. The van der Waals surface area contributed by atoms with Crippen LogP contribution in [0.2, 0.25) is 0 Å². The summed E-state index contributed by atoms with van der Waals surface area (Å²) in [4.78, 5) is 1.32. The molecule has 1 unspecified atom stereocenters. The summed E-state index contributed by atoms with van der Waals surface area (Å²) in [5.41, 5.74) is 2.48. The molecule has 21 heavy (non-hydrogen) atoms. The molecule has 1 N–H and O–H groups in total. The molecule has 0 saturated heterocycles. The largest absolute Gasteiger partial charge is 0.496 e. The molecule has 0 spiro atoms. The van der Waals surface area contributed by atoms with Crippen molar-refractivity contribution < 1.29 is 4.74 Å². The minimum atomic E-state index is 0.149. The van der Waals surface area contributed by atoms with E-state index >= 15 is 0 Å². The fourth-order valence-corrected chi connectivity index (χ4v) is 4.43. The summed E-state index contributed by atoms with van der Waals surface area (Å²) < 4.78 is 7.77. The number of thiophene rings is 1. The third-order valence-corrected chi connectivity index (χ3v) is 5.40. The normalized spacial score (nSPS) is 12.4. The summed E-state index contributed by atoms with van der Waals surface area (Å²) in [6.45, 7) is 5.31. The van der Waals surface area contributed by atoms with Crippen molar-refractivity contribution in [1.82, 2.24) is 5.32 Å². The van der Waals surface area contributed by atoms with Crippen molar-refractivity contribution in [2.24, 2.45) is 0 Å². The maximum atomic E-state index is 5.58. The van der Waals surface area contributed by atoms with Crippen molar-refractivity contribution >= 4 is 43.2 Å². The summed E-state index contributed by atoms with van der Waals surface area (Å²) in [5, 5.41) is 3.64. The number of halogens is 2. The molecule has 0 aliphatic heterocycles. The number of hydrogen-bond acceptors (Lipinski definition) is 3. The Morgan fingerprint density at radius 3 is 2.57 bits per heavy atom. The Labute approximate surface area is 147 Å². The predicted molar refractivity (Wildman–Crippen MR) is 97.6 cm³/mol. The Morgan fingerprint density at radius 2 is 2.00 bits per heavy atom. The average molecular weight is 433 g/mol. The second-order valence-electron chi connectivity index (χ2n) is 4.84. The van der Waals surface area contributed by atoms with Crippen molar-refractivity contribution in [2.45, 2.75) is 26.3 Å². The summed E-state index contributed by atoms with van der Waals surface area (Å²) in [7, 11) is 1.72. The fourth-order valence-electron chi connectivity index (χ4n) is 2.34. The number of aryl methyl sites for hydroxylation is 1. The van der Waals surface area contributed by atoms with Gasteiger partial charge in [0.2, 0.25) is 0 Å². The zero-order valence-electron chi connectivity index (χ0n) is 12.4. The van der Waals surface area contributed by atoms with Crippen LogP contribution in [0, 0.1) is 6.92 Å². The van der Waals surface area contributed by atoms with E-state index in [-0.39, 0.29) is 6.04 Å². The summed E-state index contributed by atoms with van der Waals surface area (Å²) in [6, 6.07) is 8.56. The molecule has 2 nitrogen and oxygen atoms in total. The lowest BCUT2D eigenvalue weighted by atomic mass is 9.98. The van der Waals surface area contributed by atoms with Gasteiger partial charge in [-0.2, -0.15) is 0 Å². The molecular weight excluding hydrogens is 414 g/mol. The smallest absolute Gasteiger partial charge is 0.125 e. The van der Waals surface area contributed by atoms with Crippen LogP contribution in [-0.2, 0) is 0 Å². The summed E-state index contributed by atoms with van der Waals surface area (Å²) >= 11 is 8.87. The molecule has 1 heterocycles. The molecule has 1 aromatic carbocycles. The van der Waals surface area contributed by atoms with Gasteiger partial charge < -0.3 is 10.1 Å². The van der Waals surface area contributed by atoms with E-state index in [1.165, 1.54) is 16.0 Å². The Hall–Kier alpha value is -0.360. The van der Waals surface area contributed by atoms with Gasteiger partial charge in [0.25, 0.3) is 0 Å². The first-order valence-corrected chi connectivity index (χ1v) is 9.29. The Morgan fingerprint density at radius 1 is 1.24 bits per heavy atom. The minimum absolute atomic E-state index is 0.149. The van der Waals surface area contributed by atoms with E-state index in [9.17, 15) is 0 Å². The third-order valence-electron chi connectivity index (χ3n) is 3.34. The van der Waals surface area contributed by atoms with Gasteiger partial charge in [-0.15, -0.1) is 11.3 Å². The molecule has 2 rings (SSSR count). The molecule has 0 bridgehead atoms. The minimum Gasteiger partial charge on any atom is -0.496 e. The molecule has 114 valence electrons. The highest BCUT2D eigenvalue weighted by molar-refractivity contribution is 9.11. The Bertz CT molecular complexity index is 612. The van der Waals surface area contributed by atoms with E-state index in [2.05, 4.69) is 69.2 Å². The average Bonchev–Trinajstić information content (AvgIpc) is 2.79. The third kappa shape index (κ3) is 4.09. The lowest BCUT2D eigenvalue weighted by Gasteiger charge is -2.22. The van der Waals surface area contributed by atoms with Gasteiger partial charge in [0, 0.05) is 14.9 Å². The van der Waals surface area contributed by atoms with Crippen molar-refractivity contribution in [2.75, 3.05) is 13.7 Å². The summed E-state index contributed by atoms with van der Waals surface area (Å²) in [6.07, 6.45) is 1.10. The van der Waals surface area contributed by atoms with Gasteiger partial charge in [-0.1, -0.05) is 28.9 Å². The van der Waals surface area contributed by atoms with Gasteiger partial charge >= 0.3 is 0 Å². The molecule has 0 radical (unpaired) electrons. The van der Waals surface area contributed by atoms with Crippen molar-refractivity contribution in [3.05, 3.63) is 48.5 Å². The highest BCUT2D eigenvalue weighted by atomic mass is 79.9. The van der Waals surface area contributed by atoms with E-state index in [1.807, 2.05) is 6.07 Å². The molecule has 5 heteroatoms. The molecule has 1 atom stereocenters. The predicted octanol–water partition coefficient (Wildman–Crippen LogP) is 5.68. The lowest BCUT2D eigenvalue weighted by molar-refractivity contribution is 0.403. The Balaban J connectivity index is 2.47. The quantitative estimate of drug-likeness (QED) is 0.633. The van der Waals surface area contributed by atoms with Crippen LogP contribution in [0.5, 0.6) is 5.75 Å². The first-order chi connectivity index (χ1) is 10.1. The van der Waals surface area contributed by atoms with Gasteiger partial charge in [-0.05, 0) is 59.6 Å². The van der Waals surface area contributed by atoms with Crippen LogP contribution in [0.1, 0.15) is 35.4 Å². The van der Waals surface area contributed by atoms with E-state index in [0.29, 0.717) is 0 Å². The van der Waals surface area contributed by atoms with Crippen LogP contribution in [0.15, 0.2) is 32.5 Å². The van der Waals surface area contributed by atoms with Gasteiger partial charge in [0.05, 0.1) is 16.9 Å². The topological polar surface area (TPSA) is 21.3 Å². The zero-order chi connectivity index (χ0) is 15.4. The van der Waals surface area contributed by atoms with Gasteiger partial charge in [-0.3, -0.25) is 0 Å². The van der Waals surface area contributed by atoms with E-state index in [0.717, 1.165) is 27.0 Å². The van der Waals surface area contributed by atoms with Crippen LogP contribution in [0.25, 0.3) is 0 Å². The molecule has 0 amide bonds. The van der Waals surface area contributed by atoms with Crippen LogP contribution in [0.3, 0.4) is 0 Å². The van der Waals surface area contributed by atoms with Gasteiger partial charge in [0.15, 0.2) is 0 Å². The van der Waals surface area contributed by atoms with Crippen LogP contribution in [-0.4, -0.2) is 13.7 Å². The number of methoxy groups -OCH3 is 1. The first kappa shape index (κ1) is 17.0. The van der Waals surface area contributed by atoms with Gasteiger partial charge in [0.1, 0.15) is 5.75 Å². The zero-order valence-corrected chi connectivity index (χ0v) is 16.4. The molecule has 0 fully saturated rings. The second-order valence-corrected chi connectivity index (χ2v) is 8.39. The summed E-state index contributed by atoms with van der Waals surface area (Å²) in [5.74, 6) is 0.903. The number of ether oxygens (including phenoxy) is 1. The first-order valence-electron chi connectivity index (χ1n) is 6.89. The van der Waals surface area contributed by atoms with E-state index in [1.54, 1.807) is 18.4 Å². The van der Waals surface area contributed by atoms with Crippen molar-refractivity contribution in [1.29, 1.82) is 0 Å². The lowest BCUT2D eigenvalue weighted by Crippen LogP contribution is -2.23. The number of nitrogens with one attached hydrogen (secondary N) is 1. The van der Waals surface area contributed by atoms with E-state index in [4.69, 9.17) is 4.74 Å². The monoisotopic (exact) mass is 431 g/mol. The molecule has 0 aliphatic rings. The van der Waals surface area contributed by atoms with Crippen LogP contribution in [0.4, 0.5) is 0 Å². The molecule has 0 saturated carbocycles. The van der Waals surface area contributed by atoms with Crippen LogP contribution >= 0.6 is 43.2 Å². The standard InChI is InChI=1S/C16H19Br2NOS/c1-4-7-19-16(13-9-15(18)21-10(13)2)12-6-5-11(17)8-14(12)20-3/h5-6,8-9,16,19H,4,7H2,1-3H3. The highest BCUT2D eigenvalue weighted by Gasteiger charge is 2.21. The maximum absolute atomic E-state index is 5.58.